The van der Waals surface area contributed by atoms with Gasteiger partial charge in [-0.05, 0) is 24.1 Å². The third-order valence-corrected chi connectivity index (χ3v) is 6.01. The zero-order chi connectivity index (χ0) is 19.2. The highest BCUT2D eigenvalue weighted by molar-refractivity contribution is 6.39. The van der Waals surface area contributed by atoms with Crippen molar-refractivity contribution in [2.75, 3.05) is 0 Å². The van der Waals surface area contributed by atoms with E-state index >= 15 is 0 Å². The summed E-state index contributed by atoms with van der Waals surface area (Å²) in [4.78, 5) is 29.2. The van der Waals surface area contributed by atoms with Crippen LogP contribution in [0.2, 0.25) is 0 Å². The van der Waals surface area contributed by atoms with Crippen LogP contribution in [0.4, 0.5) is 0 Å². The number of carbonyl (C=O) groups is 2. The number of hydrogen-bond donors (Lipinski definition) is 2. The van der Waals surface area contributed by atoms with Gasteiger partial charge in [0.1, 0.15) is 0 Å². The molecule has 5 heteroatoms. The number of nitrogens with zero attached hydrogens (tertiary/aromatic N) is 1. The molecule has 2 N–H and O–H groups in total. The molecule has 2 amide bonds. The summed E-state index contributed by atoms with van der Waals surface area (Å²) >= 11 is 0. The first kappa shape index (κ1) is 15.5. The summed E-state index contributed by atoms with van der Waals surface area (Å²) in [5.74, 6) is -0.640. The lowest BCUT2D eigenvalue weighted by atomic mass is 9.93. The van der Waals surface area contributed by atoms with Gasteiger partial charge in [0.15, 0.2) is 0 Å². The van der Waals surface area contributed by atoms with E-state index in [4.69, 9.17) is 0 Å². The predicted octanol–water partition coefficient (Wildman–Crippen LogP) is 4.41. The molecule has 5 nitrogen and oxygen atoms in total. The summed E-state index contributed by atoms with van der Waals surface area (Å²) in [6.45, 7) is 2.12. The average Bonchev–Trinajstić information content (AvgIpc) is 3.34. The molecule has 0 bridgehead atoms. The molecule has 28 heavy (non-hydrogen) atoms. The lowest BCUT2D eigenvalue weighted by molar-refractivity contribution is 0.0880. The lowest BCUT2D eigenvalue weighted by Crippen LogP contribution is -2.20. The highest BCUT2D eigenvalue weighted by Gasteiger charge is 2.34. The van der Waals surface area contributed by atoms with Gasteiger partial charge in [0.2, 0.25) is 0 Å². The number of carbonyl (C=O) groups excluding carboxylic acids is 2. The number of rotatable bonds is 1. The Balaban J connectivity index is 1.96. The highest BCUT2D eigenvalue weighted by atomic mass is 16.2. The van der Waals surface area contributed by atoms with Crippen LogP contribution in [0.1, 0.15) is 33.2 Å². The van der Waals surface area contributed by atoms with Crippen LogP contribution in [0, 0.1) is 0 Å². The van der Waals surface area contributed by atoms with E-state index in [1.807, 2.05) is 29.9 Å². The van der Waals surface area contributed by atoms with Gasteiger partial charge in [0.25, 0.3) is 11.8 Å². The van der Waals surface area contributed by atoms with Crippen molar-refractivity contribution in [3.63, 3.8) is 0 Å². The second-order valence-corrected chi connectivity index (χ2v) is 7.49. The number of hydrogen-bond acceptors (Lipinski definition) is 2. The molecule has 1 aliphatic rings. The molecule has 1 aliphatic heterocycles. The fourth-order valence-corrected chi connectivity index (χ4v) is 4.71. The Labute approximate surface area is 159 Å². The van der Waals surface area contributed by atoms with E-state index < -0.39 is 0 Å². The van der Waals surface area contributed by atoms with Gasteiger partial charge in [0.05, 0.1) is 22.2 Å². The van der Waals surface area contributed by atoms with E-state index in [9.17, 15) is 9.59 Å². The molecule has 0 spiro atoms. The van der Waals surface area contributed by atoms with E-state index in [1.165, 1.54) is 5.56 Å². The average molecular weight is 367 g/mol. The third kappa shape index (κ3) is 1.71. The molecule has 0 fully saturated rings. The number of amides is 2. The van der Waals surface area contributed by atoms with Crippen molar-refractivity contribution in [2.45, 2.75) is 13.3 Å². The van der Waals surface area contributed by atoms with Crippen LogP contribution in [0.25, 0.3) is 43.5 Å². The molecule has 136 valence electrons. The van der Waals surface area contributed by atoms with Crippen LogP contribution >= 0.6 is 0 Å². The largest absolute Gasteiger partial charge is 0.354 e. The van der Waals surface area contributed by atoms with Crippen molar-refractivity contribution in [1.82, 2.24) is 14.9 Å². The third-order valence-electron chi connectivity index (χ3n) is 6.01. The zero-order valence-corrected chi connectivity index (χ0v) is 15.5. The van der Waals surface area contributed by atoms with Crippen molar-refractivity contribution >= 4 is 55.3 Å². The first-order chi connectivity index (χ1) is 13.6. The Bertz CT molecular complexity index is 1520. The Hall–Kier alpha value is -3.60. The van der Waals surface area contributed by atoms with Crippen LogP contribution in [0.3, 0.4) is 0 Å². The Morgan fingerprint density at radius 1 is 0.929 bits per heavy atom. The second-order valence-electron chi connectivity index (χ2n) is 7.49. The van der Waals surface area contributed by atoms with Crippen molar-refractivity contribution < 1.29 is 9.59 Å². The molecule has 0 aliphatic carbocycles. The number of aromatic nitrogens is 2. The van der Waals surface area contributed by atoms with E-state index in [-0.39, 0.29) is 11.8 Å². The molecule has 0 unspecified atom stereocenters. The Kier molecular flexibility index (Phi) is 2.77. The second kappa shape index (κ2) is 5.01. The maximum Gasteiger partial charge on any atom is 0.259 e. The molecule has 3 heterocycles. The maximum atomic E-state index is 12.8. The number of aromatic amines is 1. The Morgan fingerprint density at radius 2 is 1.68 bits per heavy atom. The quantitative estimate of drug-likeness (QED) is 0.431. The highest BCUT2D eigenvalue weighted by Crippen LogP contribution is 2.42. The number of nitrogens with one attached hydrogen (secondary N) is 2. The first-order valence-corrected chi connectivity index (χ1v) is 9.42. The minimum atomic E-state index is -0.321. The molecule has 6 rings (SSSR count). The van der Waals surface area contributed by atoms with Crippen LogP contribution in [0.15, 0.2) is 42.6 Å². The summed E-state index contributed by atoms with van der Waals surface area (Å²) in [6.07, 6.45) is 2.92. The van der Waals surface area contributed by atoms with Crippen molar-refractivity contribution in [1.29, 1.82) is 0 Å². The van der Waals surface area contributed by atoms with Crippen molar-refractivity contribution in [3.8, 4) is 0 Å². The molecular weight excluding hydrogens is 350 g/mol. The van der Waals surface area contributed by atoms with E-state index in [0.717, 1.165) is 49.9 Å². The lowest BCUT2D eigenvalue weighted by Gasteiger charge is -2.09. The van der Waals surface area contributed by atoms with Gasteiger partial charge >= 0.3 is 0 Å². The topological polar surface area (TPSA) is 66.9 Å². The van der Waals surface area contributed by atoms with Crippen molar-refractivity contribution in [2.24, 2.45) is 7.05 Å². The molecule has 3 aromatic carbocycles. The van der Waals surface area contributed by atoms with E-state index in [0.29, 0.717) is 11.1 Å². The molecule has 0 saturated carbocycles. The fraction of sp³-hybridized carbons (Fsp3) is 0.130. The van der Waals surface area contributed by atoms with Gasteiger partial charge < -0.3 is 9.55 Å². The summed E-state index contributed by atoms with van der Waals surface area (Å²) in [5.41, 5.74) is 5.06. The monoisotopic (exact) mass is 367 g/mol. The predicted molar refractivity (Wildman–Crippen MR) is 111 cm³/mol. The molecule has 0 radical (unpaired) electrons. The molecule has 0 atom stereocenters. The minimum Gasteiger partial charge on any atom is -0.354 e. The van der Waals surface area contributed by atoms with Gasteiger partial charge in [-0.3, -0.25) is 14.9 Å². The van der Waals surface area contributed by atoms with Crippen LogP contribution < -0.4 is 5.32 Å². The van der Waals surface area contributed by atoms with Gasteiger partial charge in [0, 0.05) is 45.7 Å². The summed E-state index contributed by atoms with van der Waals surface area (Å²) < 4.78 is 2.01. The van der Waals surface area contributed by atoms with Crippen LogP contribution in [0.5, 0.6) is 0 Å². The zero-order valence-electron chi connectivity index (χ0n) is 15.5. The van der Waals surface area contributed by atoms with Gasteiger partial charge in [-0.25, -0.2) is 0 Å². The molecule has 0 saturated heterocycles. The number of aryl methyl sites for hydroxylation is 2. The van der Waals surface area contributed by atoms with Gasteiger partial charge in [-0.15, -0.1) is 0 Å². The molecule has 2 aromatic heterocycles. The van der Waals surface area contributed by atoms with Crippen molar-refractivity contribution in [3.05, 3.63) is 59.3 Å². The Morgan fingerprint density at radius 3 is 2.46 bits per heavy atom. The fourth-order valence-electron chi connectivity index (χ4n) is 4.71. The standard InChI is InChI=1S/C23H17N3O2/c1-3-11-4-6-13-15(10-11)24-20-14-7-5-12-8-9-26(2)21(12)17(14)19-18(16(13)20)22(27)25-23(19)28/h4-10,24H,3H2,1-2H3,(H,25,27,28). The van der Waals surface area contributed by atoms with Gasteiger partial charge in [-0.2, -0.15) is 0 Å². The number of fused-ring (bicyclic) bond motifs is 10. The van der Waals surface area contributed by atoms with E-state index in [1.54, 1.807) is 0 Å². The minimum absolute atomic E-state index is 0.319. The van der Waals surface area contributed by atoms with Crippen LogP contribution in [-0.2, 0) is 13.5 Å². The summed E-state index contributed by atoms with van der Waals surface area (Å²) in [6, 6.07) is 12.4. The van der Waals surface area contributed by atoms with E-state index in [2.05, 4.69) is 41.5 Å². The summed E-state index contributed by atoms with van der Waals surface area (Å²) in [5, 5.41) is 7.16. The SMILES string of the molecule is CCc1ccc2c(c1)[nH]c1c3ccc4ccn(C)c4c3c3c(c21)C(=O)NC3=O. The van der Waals surface area contributed by atoms with Crippen LogP contribution in [-0.4, -0.2) is 21.4 Å². The number of benzene rings is 3. The molecule has 5 aromatic rings. The summed E-state index contributed by atoms with van der Waals surface area (Å²) in [7, 11) is 1.96. The number of imide groups is 1. The normalized spacial score (nSPS) is 13.9. The maximum absolute atomic E-state index is 12.8. The van der Waals surface area contributed by atoms with Gasteiger partial charge in [-0.1, -0.05) is 31.2 Å². The smallest absolute Gasteiger partial charge is 0.259 e. The first-order valence-electron chi connectivity index (χ1n) is 9.42. The molecular formula is C23H17N3O2. The number of H-pyrrole nitrogens is 1.